The molecule has 1 fully saturated rings. The van der Waals surface area contributed by atoms with Gasteiger partial charge in [0.1, 0.15) is 6.61 Å². The van der Waals surface area contributed by atoms with Crippen molar-refractivity contribution in [1.29, 1.82) is 0 Å². The van der Waals surface area contributed by atoms with Gasteiger partial charge in [-0.1, -0.05) is 18.2 Å². The van der Waals surface area contributed by atoms with Crippen LogP contribution in [0.1, 0.15) is 10.4 Å². The summed E-state index contributed by atoms with van der Waals surface area (Å²) in [5.41, 5.74) is 5.99. The van der Waals surface area contributed by atoms with E-state index >= 15 is 0 Å². The molecule has 21 heavy (non-hydrogen) atoms. The second-order valence-corrected chi connectivity index (χ2v) is 4.88. The number of nitrogens with two attached hydrogens (primary N) is 1. The fourth-order valence-corrected chi connectivity index (χ4v) is 2.26. The van der Waals surface area contributed by atoms with Crippen molar-refractivity contribution in [2.24, 2.45) is 5.73 Å². The molecule has 6 nitrogen and oxygen atoms in total. The summed E-state index contributed by atoms with van der Waals surface area (Å²) in [5.74, 6) is -0.0302. The maximum atomic E-state index is 12.3. The Morgan fingerprint density at radius 3 is 2.29 bits per heavy atom. The minimum atomic E-state index is -0.0461. The van der Waals surface area contributed by atoms with Gasteiger partial charge < -0.3 is 20.3 Å². The third kappa shape index (κ3) is 4.27. The molecule has 1 aliphatic heterocycles. The number of hydrogen-bond donors (Lipinski definition) is 1. The molecule has 6 heteroatoms. The molecule has 0 bridgehead atoms. The predicted octanol–water partition coefficient (Wildman–Crippen LogP) is -0.0537. The molecule has 1 aromatic rings. The molecule has 0 aliphatic carbocycles. The summed E-state index contributed by atoms with van der Waals surface area (Å²) >= 11 is 0. The van der Waals surface area contributed by atoms with Gasteiger partial charge in [-0.15, -0.1) is 0 Å². The first-order valence-corrected chi connectivity index (χ1v) is 7.12. The van der Waals surface area contributed by atoms with E-state index in [0.29, 0.717) is 44.9 Å². The Hall–Kier alpha value is -1.92. The highest BCUT2D eigenvalue weighted by Gasteiger charge is 2.24. The topological polar surface area (TPSA) is 75.9 Å². The smallest absolute Gasteiger partial charge is 0.253 e. The average Bonchev–Trinajstić information content (AvgIpc) is 2.55. The molecule has 2 rings (SSSR count). The molecule has 1 saturated heterocycles. The van der Waals surface area contributed by atoms with Crippen LogP contribution in [-0.4, -0.2) is 67.6 Å². The van der Waals surface area contributed by atoms with Crippen molar-refractivity contribution in [2.45, 2.75) is 0 Å². The largest absolute Gasteiger partial charge is 0.370 e. The molecular formula is C15H21N3O3. The van der Waals surface area contributed by atoms with E-state index in [1.54, 1.807) is 21.9 Å². The summed E-state index contributed by atoms with van der Waals surface area (Å²) in [6, 6.07) is 9.19. The highest BCUT2D eigenvalue weighted by molar-refractivity contribution is 5.94. The van der Waals surface area contributed by atoms with Crippen molar-refractivity contribution < 1.29 is 14.3 Å². The molecule has 0 radical (unpaired) electrons. The van der Waals surface area contributed by atoms with Crippen LogP contribution in [0.5, 0.6) is 0 Å². The van der Waals surface area contributed by atoms with Gasteiger partial charge in [-0.3, -0.25) is 9.59 Å². The number of benzene rings is 1. The molecule has 1 aliphatic rings. The molecule has 114 valence electrons. The standard InChI is InChI=1S/C15H21N3O3/c16-6-11-21-12-14(19)17-7-9-18(10-8-17)15(20)13-4-2-1-3-5-13/h1-5H,6-12,16H2. The second kappa shape index (κ2) is 7.75. The Morgan fingerprint density at radius 2 is 1.67 bits per heavy atom. The molecule has 0 saturated carbocycles. The molecular weight excluding hydrogens is 270 g/mol. The first-order chi connectivity index (χ1) is 10.2. The predicted molar refractivity (Wildman–Crippen MR) is 78.8 cm³/mol. The maximum Gasteiger partial charge on any atom is 0.253 e. The third-order valence-electron chi connectivity index (χ3n) is 3.43. The van der Waals surface area contributed by atoms with Crippen LogP contribution in [0, 0.1) is 0 Å². The van der Waals surface area contributed by atoms with Gasteiger partial charge in [-0.2, -0.15) is 0 Å². The van der Waals surface area contributed by atoms with E-state index in [9.17, 15) is 9.59 Å². The third-order valence-corrected chi connectivity index (χ3v) is 3.43. The number of carbonyl (C=O) groups excluding carboxylic acids is 2. The second-order valence-electron chi connectivity index (χ2n) is 4.88. The number of ether oxygens (including phenoxy) is 1. The van der Waals surface area contributed by atoms with Crippen LogP contribution in [0.15, 0.2) is 30.3 Å². The Balaban J connectivity index is 1.80. The number of rotatable bonds is 5. The van der Waals surface area contributed by atoms with Crippen molar-refractivity contribution in [3.63, 3.8) is 0 Å². The van der Waals surface area contributed by atoms with Crippen LogP contribution >= 0.6 is 0 Å². The van der Waals surface area contributed by atoms with E-state index in [4.69, 9.17) is 10.5 Å². The van der Waals surface area contributed by atoms with E-state index in [-0.39, 0.29) is 18.4 Å². The van der Waals surface area contributed by atoms with Gasteiger partial charge in [0.15, 0.2) is 0 Å². The molecule has 0 spiro atoms. The summed E-state index contributed by atoms with van der Waals surface area (Å²) in [6.45, 7) is 3.05. The van der Waals surface area contributed by atoms with Crippen LogP contribution in [-0.2, 0) is 9.53 Å². The quantitative estimate of drug-likeness (QED) is 0.772. The number of carbonyl (C=O) groups is 2. The fraction of sp³-hybridized carbons (Fsp3) is 0.467. The first kappa shape index (κ1) is 15.5. The van der Waals surface area contributed by atoms with Gasteiger partial charge >= 0.3 is 0 Å². The van der Waals surface area contributed by atoms with Gasteiger partial charge in [-0.25, -0.2) is 0 Å². The van der Waals surface area contributed by atoms with Crippen molar-refractivity contribution in [2.75, 3.05) is 45.9 Å². The van der Waals surface area contributed by atoms with Crippen LogP contribution in [0.3, 0.4) is 0 Å². The van der Waals surface area contributed by atoms with Crippen LogP contribution in [0.25, 0.3) is 0 Å². The van der Waals surface area contributed by atoms with Crippen LogP contribution < -0.4 is 5.73 Å². The molecule has 0 aromatic heterocycles. The summed E-state index contributed by atoms with van der Waals surface area (Å²) in [4.78, 5) is 27.7. The monoisotopic (exact) mass is 291 g/mol. The number of piperazine rings is 1. The zero-order valence-electron chi connectivity index (χ0n) is 12.0. The van der Waals surface area contributed by atoms with Crippen LogP contribution in [0.4, 0.5) is 0 Å². The fourth-order valence-electron chi connectivity index (χ4n) is 2.26. The SMILES string of the molecule is NCCOCC(=O)N1CCN(C(=O)c2ccccc2)CC1. The Labute approximate surface area is 124 Å². The number of hydrogen-bond acceptors (Lipinski definition) is 4. The lowest BCUT2D eigenvalue weighted by molar-refractivity contribution is -0.137. The lowest BCUT2D eigenvalue weighted by Gasteiger charge is -2.34. The van der Waals surface area contributed by atoms with Crippen molar-refractivity contribution in [3.05, 3.63) is 35.9 Å². The van der Waals surface area contributed by atoms with E-state index in [1.165, 1.54) is 0 Å². The van der Waals surface area contributed by atoms with Gasteiger partial charge in [0.05, 0.1) is 6.61 Å². The van der Waals surface area contributed by atoms with E-state index < -0.39 is 0 Å². The lowest BCUT2D eigenvalue weighted by atomic mass is 10.2. The zero-order chi connectivity index (χ0) is 15.1. The lowest BCUT2D eigenvalue weighted by Crippen LogP contribution is -2.51. The van der Waals surface area contributed by atoms with Gasteiger partial charge in [0.2, 0.25) is 5.91 Å². The highest BCUT2D eigenvalue weighted by atomic mass is 16.5. The summed E-state index contributed by atoms with van der Waals surface area (Å²) in [5, 5.41) is 0. The highest BCUT2D eigenvalue weighted by Crippen LogP contribution is 2.09. The van der Waals surface area contributed by atoms with Crippen molar-refractivity contribution in [3.8, 4) is 0 Å². The summed E-state index contributed by atoms with van der Waals surface area (Å²) < 4.78 is 5.14. The molecule has 2 N–H and O–H groups in total. The molecule has 1 heterocycles. The number of nitrogens with zero attached hydrogens (tertiary/aromatic N) is 2. The van der Waals surface area contributed by atoms with Gasteiger partial charge in [-0.05, 0) is 12.1 Å². The van der Waals surface area contributed by atoms with Gasteiger partial charge in [0, 0.05) is 38.3 Å². The van der Waals surface area contributed by atoms with E-state index in [2.05, 4.69) is 0 Å². The van der Waals surface area contributed by atoms with Crippen molar-refractivity contribution in [1.82, 2.24) is 9.80 Å². The number of amides is 2. The average molecular weight is 291 g/mol. The molecule has 0 atom stereocenters. The van der Waals surface area contributed by atoms with Crippen LogP contribution in [0.2, 0.25) is 0 Å². The summed E-state index contributed by atoms with van der Waals surface area (Å²) in [6.07, 6.45) is 0. The van der Waals surface area contributed by atoms with E-state index in [0.717, 1.165) is 0 Å². The van der Waals surface area contributed by atoms with Gasteiger partial charge in [0.25, 0.3) is 5.91 Å². The Morgan fingerprint density at radius 1 is 1.05 bits per heavy atom. The molecule has 2 amide bonds. The molecule has 0 unspecified atom stereocenters. The van der Waals surface area contributed by atoms with E-state index in [1.807, 2.05) is 18.2 Å². The normalized spacial score (nSPS) is 15.1. The minimum Gasteiger partial charge on any atom is -0.370 e. The van der Waals surface area contributed by atoms with Crippen molar-refractivity contribution >= 4 is 11.8 Å². The first-order valence-electron chi connectivity index (χ1n) is 7.12. The maximum absolute atomic E-state index is 12.3. The Bertz CT molecular complexity index is 470. The summed E-state index contributed by atoms with van der Waals surface area (Å²) in [7, 11) is 0. The minimum absolute atomic E-state index is 0.0158. The Kier molecular flexibility index (Phi) is 5.71. The zero-order valence-corrected chi connectivity index (χ0v) is 12.0. The molecule has 1 aromatic carbocycles.